The van der Waals surface area contributed by atoms with Gasteiger partial charge in [0.2, 0.25) is 11.8 Å². The zero-order valence-electron chi connectivity index (χ0n) is 14.8. The SMILES string of the molecule is COc1cc(NC(=O)C(C)N(C)C)ccc1NC(=O)CC(C)C. The summed E-state index contributed by atoms with van der Waals surface area (Å²) in [6, 6.07) is 4.93. The zero-order chi connectivity index (χ0) is 17.6. The van der Waals surface area contributed by atoms with Gasteiger partial charge in [-0.25, -0.2) is 0 Å². The Labute approximate surface area is 138 Å². The van der Waals surface area contributed by atoms with Gasteiger partial charge in [-0.1, -0.05) is 13.8 Å². The third kappa shape index (κ3) is 5.90. The van der Waals surface area contributed by atoms with Gasteiger partial charge in [0.1, 0.15) is 5.75 Å². The molecule has 0 aliphatic rings. The molecule has 0 heterocycles. The Balaban J connectivity index is 2.84. The fourth-order valence-electron chi connectivity index (χ4n) is 1.93. The van der Waals surface area contributed by atoms with E-state index in [0.717, 1.165) is 0 Å². The highest BCUT2D eigenvalue weighted by atomic mass is 16.5. The number of anilines is 2. The summed E-state index contributed by atoms with van der Waals surface area (Å²) in [4.78, 5) is 25.8. The lowest BCUT2D eigenvalue weighted by molar-refractivity contribution is -0.120. The van der Waals surface area contributed by atoms with Crippen LogP contribution in [-0.2, 0) is 9.59 Å². The molecule has 128 valence electrons. The molecule has 0 saturated carbocycles. The Hall–Kier alpha value is -2.08. The molecule has 6 nitrogen and oxygen atoms in total. The summed E-state index contributed by atoms with van der Waals surface area (Å²) < 4.78 is 5.30. The number of hydrogen-bond acceptors (Lipinski definition) is 4. The minimum absolute atomic E-state index is 0.0590. The molecule has 2 N–H and O–H groups in total. The van der Waals surface area contributed by atoms with E-state index >= 15 is 0 Å². The average Bonchev–Trinajstić information content (AvgIpc) is 2.46. The van der Waals surface area contributed by atoms with Gasteiger partial charge in [-0.3, -0.25) is 14.5 Å². The first-order chi connectivity index (χ1) is 10.7. The lowest BCUT2D eigenvalue weighted by atomic mass is 10.1. The van der Waals surface area contributed by atoms with E-state index in [0.29, 0.717) is 23.5 Å². The predicted molar refractivity (Wildman–Crippen MR) is 92.9 cm³/mol. The van der Waals surface area contributed by atoms with Gasteiger partial charge in [0.15, 0.2) is 0 Å². The molecule has 0 aromatic heterocycles. The van der Waals surface area contributed by atoms with Gasteiger partial charge < -0.3 is 15.4 Å². The van der Waals surface area contributed by atoms with E-state index in [1.165, 1.54) is 7.11 Å². The fourth-order valence-corrected chi connectivity index (χ4v) is 1.93. The molecule has 0 fully saturated rings. The van der Waals surface area contributed by atoms with Crippen molar-refractivity contribution in [1.29, 1.82) is 0 Å². The molecule has 0 aliphatic carbocycles. The van der Waals surface area contributed by atoms with Crippen LogP contribution in [0.3, 0.4) is 0 Å². The fraction of sp³-hybridized carbons (Fsp3) is 0.529. The second-order valence-electron chi connectivity index (χ2n) is 6.19. The first-order valence-corrected chi connectivity index (χ1v) is 7.69. The minimum Gasteiger partial charge on any atom is -0.494 e. The summed E-state index contributed by atoms with van der Waals surface area (Å²) in [5, 5.41) is 5.67. The summed E-state index contributed by atoms with van der Waals surface area (Å²) in [6.07, 6.45) is 0.446. The monoisotopic (exact) mass is 321 g/mol. The molecular formula is C17H27N3O3. The van der Waals surface area contributed by atoms with Crippen LogP contribution in [0.2, 0.25) is 0 Å². The third-order valence-corrected chi connectivity index (χ3v) is 3.49. The van der Waals surface area contributed by atoms with Crippen LogP contribution >= 0.6 is 0 Å². The van der Waals surface area contributed by atoms with Gasteiger partial charge in [0.05, 0.1) is 18.8 Å². The Morgan fingerprint density at radius 3 is 2.35 bits per heavy atom. The number of nitrogens with zero attached hydrogens (tertiary/aromatic N) is 1. The second kappa shape index (κ2) is 8.53. The maximum atomic E-state index is 12.1. The van der Waals surface area contributed by atoms with E-state index in [4.69, 9.17) is 4.74 Å². The number of hydrogen-bond donors (Lipinski definition) is 2. The molecule has 1 atom stereocenters. The van der Waals surface area contributed by atoms with Crippen molar-refractivity contribution in [3.8, 4) is 5.75 Å². The van der Waals surface area contributed by atoms with Crippen molar-refractivity contribution >= 4 is 23.2 Å². The van der Waals surface area contributed by atoms with Gasteiger partial charge in [0, 0.05) is 18.2 Å². The Kier molecular flexibility index (Phi) is 7.03. The van der Waals surface area contributed by atoms with Crippen LogP contribution in [0.1, 0.15) is 27.2 Å². The molecule has 0 aliphatic heterocycles. The summed E-state index contributed by atoms with van der Waals surface area (Å²) in [6.45, 7) is 5.80. The normalized spacial score (nSPS) is 12.2. The Bertz CT molecular complexity index is 556. The number of likely N-dealkylation sites (N-methyl/N-ethyl adjacent to an activating group) is 1. The molecule has 1 rings (SSSR count). The molecule has 6 heteroatoms. The van der Waals surface area contributed by atoms with Gasteiger partial charge in [-0.15, -0.1) is 0 Å². The lowest BCUT2D eigenvalue weighted by Crippen LogP contribution is -2.37. The molecule has 1 aromatic carbocycles. The number of carbonyl (C=O) groups excluding carboxylic acids is 2. The summed E-state index contributed by atoms with van der Waals surface area (Å²) in [7, 11) is 5.22. The van der Waals surface area contributed by atoms with E-state index in [2.05, 4.69) is 10.6 Å². The maximum absolute atomic E-state index is 12.1. The van der Waals surface area contributed by atoms with E-state index in [9.17, 15) is 9.59 Å². The van der Waals surface area contributed by atoms with Crippen LogP contribution in [0, 0.1) is 5.92 Å². The van der Waals surface area contributed by atoms with Crippen LogP contribution in [-0.4, -0.2) is 44.0 Å². The molecule has 0 bridgehead atoms. The van der Waals surface area contributed by atoms with E-state index in [1.54, 1.807) is 18.2 Å². The van der Waals surface area contributed by atoms with E-state index in [-0.39, 0.29) is 23.8 Å². The number of amides is 2. The maximum Gasteiger partial charge on any atom is 0.241 e. The number of rotatable bonds is 7. The topological polar surface area (TPSA) is 70.7 Å². The minimum atomic E-state index is -0.244. The highest BCUT2D eigenvalue weighted by Crippen LogP contribution is 2.28. The number of nitrogens with one attached hydrogen (secondary N) is 2. The van der Waals surface area contributed by atoms with Crippen molar-refractivity contribution in [3.05, 3.63) is 18.2 Å². The molecule has 0 radical (unpaired) electrons. The predicted octanol–water partition coefficient (Wildman–Crippen LogP) is 2.57. The van der Waals surface area contributed by atoms with Gasteiger partial charge in [0.25, 0.3) is 0 Å². The molecule has 1 unspecified atom stereocenters. The smallest absolute Gasteiger partial charge is 0.241 e. The van der Waals surface area contributed by atoms with Crippen LogP contribution in [0.4, 0.5) is 11.4 Å². The van der Waals surface area contributed by atoms with Crippen molar-refractivity contribution in [2.45, 2.75) is 33.2 Å². The van der Waals surface area contributed by atoms with E-state index < -0.39 is 0 Å². The molecule has 2 amide bonds. The molecule has 0 saturated heterocycles. The average molecular weight is 321 g/mol. The van der Waals surface area contributed by atoms with Crippen LogP contribution in [0.15, 0.2) is 18.2 Å². The number of methoxy groups -OCH3 is 1. The summed E-state index contributed by atoms with van der Waals surface area (Å²) in [5.74, 6) is 0.634. The zero-order valence-corrected chi connectivity index (χ0v) is 14.8. The first kappa shape index (κ1) is 19.0. The van der Waals surface area contributed by atoms with E-state index in [1.807, 2.05) is 39.8 Å². The largest absolute Gasteiger partial charge is 0.494 e. The molecule has 23 heavy (non-hydrogen) atoms. The first-order valence-electron chi connectivity index (χ1n) is 7.69. The summed E-state index contributed by atoms with van der Waals surface area (Å²) in [5.41, 5.74) is 1.22. The molecule has 1 aromatic rings. The highest BCUT2D eigenvalue weighted by Gasteiger charge is 2.16. The second-order valence-corrected chi connectivity index (χ2v) is 6.19. The third-order valence-electron chi connectivity index (χ3n) is 3.49. The van der Waals surface area contributed by atoms with Gasteiger partial charge in [-0.05, 0) is 39.1 Å². The van der Waals surface area contributed by atoms with Crippen molar-refractivity contribution in [2.24, 2.45) is 5.92 Å². The van der Waals surface area contributed by atoms with Crippen LogP contribution in [0.25, 0.3) is 0 Å². The number of ether oxygens (including phenoxy) is 1. The highest BCUT2D eigenvalue weighted by molar-refractivity contribution is 5.96. The van der Waals surface area contributed by atoms with Crippen molar-refractivity contribution in [1.82, 2.24) is 4.90 Å². The quantitative estimate of drug-likeness (QED) is 0.810. The standard InChI is InChI=1S/C17H27N3O3/c1-11(2)9-16(21)19-14-8-7-13(10-15(14)23-6)18-17(22)12(3)20(4)5/h7-8,10-12H,9H2,1-6H3,(H,18,22)(H,19,21). The number of benzene rings is 1. The Morgan fingerprint density at radius 1 is 1.17 bits per heavy atom. The van der Waals surface area contributed by atoms with Crippen LogP contribution < -0.4 is 15.4 Å². The van der Waals surface area contributed by atoms with Crippen LogP contribution in [0.5, 0.6) is 5.75 Å². The Morgan fingerprint density at radius 2 is 1.83 bits per heavy atom. The molecule has 0 spiro atoms. The van der Waals surface area contributed by atoms with Crippen molar-refractivity contribution < 1.29 is 14.3 Å². The van der Waals surface area contributed by atoms with Crippen molar-refractivity contribution in [2.75, 3.05) is 31.8 Å². The van der Waals surface area contributed by atoms with Gasteiger partial charge >= 0.3 is 0 Å². The lowest BCUT2D eigenvalue weighted by Gasteiger charge is -2.19. The van der Waals surface area contributed by atoms with Crippen molar-refractivity contribution in [3.63, 3.8) is 0 Å². The molecular weight excluding hydrogens is 294 g/mol. The van der Waals surface area contributed by atoms with Gasteiger partial charge in [-0.2, -0.15) is 0 Å². The number of carbonyl (C=O) groups is 2. The summed E-state index contributed by atoms with van der Waals surface area (Å²) >= 11 is 0.